The first-order chi connectivity index (χ1) is 9.20. The lowest BCUT2D eigenvalue weighted by Crippen LogP contribution is -2.19. The van der Waals surface area contributed by atoms with Crippen molar-refractivity contribution in [2.75, 3.05) is 18.1 Å². The summed E-state index contributed by atoms with van der Waals surface area (Å²) in [5.74, 6) is -0.162. The number of carbonyl (C=O) groups is 1. The van der Waals surface area contributed by atoms with Crippen molar-refractivity contribution in [2.45, 2.75) is 6.54 Å². The van der Waals surface area contributed by atoms with Crippen LogP contribution in [0.5, 0.6) is 0 Å². The first-order valence-electron chi connectivity index (χ1n) is 5.81. The number of nitrogens with one attached hydrogen (secondary N) is 2. The van der Waals surface area contributed by atoms with Gasteiger partial charge in [-0.2, -0.15) is 0 Å². The molecule has 0 saturated carbocycles. The van der Waals surface area contributed by atoms with E-state index in [2.05, 4.69) is 20.6 Å². The van der Waals surface area contributed by atoms with Crippen LogP contribution in [0.3, 0.4) is 0 Å². The Morgan fingerprint density at radius 2 is 2.21 bits per heavy atom. The van der Waals surface area contributed by atoms with Crippen molar-refractivity contribution in [2.24, 2.45) is 0 Å². The third kappa shape index (κ3) is 3.19. The summed E-state index contributed by atoms with van der Waals surface area (Å²) in [6, 6.07) is 6.92. The minimum Gasteiger partial charge on any atom is -0.399 e. The van der Waals surface area contributed by atoms with E-state index in [0.717, 1.165) is 5.69 Å². The van der Waals surface area contributed by atoms with Crippen LogP contribution in [0.2, 0.25) is 0 Å². The van der Waals surface area contributed by atoms with Gasteiger partial charge in [-0.25, -0.2) is 9.97 Å². The van der Waals surface area contributed by atoms with E-state index < -0.39 is 0 Å². The number of nitrogens with zero attached hydrogens (tertiary/aromatic N) is 2. The highest BCUT2D eigenvalue weighted by Gasteiger charge is 2.10. The summed E-state index contributed by atoms with van der Waals surface area (Å²) in [5, 5.41) is 5.75. The van der Waals surface area contributed by atoms with Crippen molar-refractivity contribution in [1.82, 2.24) is 15.3 Å². The molecule has 98 valence electrons. The number of rotatable bonds is 4. The Morgan fingerprint density at radius 1 is 1.37 bits per heavy atom. The summed E-state index contributed by atoms with van der Waals surface area (Å²) < 4.78 is 0. The molecule has 0 aliphatic heterocycles. The minimum absolute atomic E-state index is 0.162. The number of carbonyl (C=O) groups excluding carboxylic acids is 1. The van der Waals surface area contributed by atoms with E-state index in [9.17, 15) is 4.79 Å². The van der Waals surface area contributed by atoms with Crippen LogP contribution in [-0.4, -0.2) is 22.9 Å². The molecule has 0 fully saturated rings. The quantitative estimate of drug-likeness (QED) is 0.711. The van der Waals surface area contributed by atoms with Crippen LogP contribution in [0, 0.1) is 0 Å². The molecule has 2 rings (SSSR count). The van der Waals surface area contributed by atoms with Gasteiger partial charge in [-0.15, -0.1) is 0 Å². The second kappa shape index (κ2) is 5.81. The molecule has 0 atom stereocenters. The topological polar surface area (TPSA) is 92.9 Å². The van der Waals surface area contributed by atoms with E-state index in [1.165, 1.54) is 6.33 Å². The Hall–Kier alpha value is -2.63. The largest absolute Gasteiger partial charge is 0.399 e. The summed E-state index contributed by atoms with van der Waals surface area (Å²) >= 11 is 0. The Labute approximate surface area is 111 Å². The molecule has 1 aromatic heterocycles. The van der Waals surface area contributed by atoms with Gasteiger partial charge in [-0.3, -0.25) is 4.79 Å². The van der Waals surface area contributed by atoms with Gasteiger partial charge in [-0.05, 0) is 24.3 Å². The Kier molecular flexibility index (Phi) is 3.92. The van der Waals surface area contributed by atoms with Crippen molar-refractivity contribution in [3.05, 3.63) is 48.0 Å². The van der Waals surface area contributed by atoms with E-state index in [-0.39, 0.29) is 5.91 Å². The molecule has 1 heterocycles. The number of hydrogen-bond acceptors (Lipinski definition) is 5. The number of hydrogen-bond donors (Lipinski definition) is 3. The summed E-state index contributed by atoms with van der Waals surface area (Å²) in [7, 11) is 1.59. The predicted molar refractivity (Wildman–Crippen MR) is 73.6 cm³/mol. The maximum absolute atomic E-state index is 11.7. The van der Waals surface area contributed by atoms with E-state index in [0.29, 0.717) is 23.5 Å². The summed E-state index contributed by atoms with van der Waals surface area (Å²) in [6.07, 6.45) is 3.15. The third-order valence-electron chi connectivity index (χ3n) is 2.62. The average Bonchev–Trinajstić information content (AvgIpc) is 2.45. The van der Waals surface area contributed by atoms with Gasteiger partial charge in [0, 0.05) is 24.6 Å². The Balaban J connectivity index is 2.19. The van der Waals surface area contributed by atoms with E-state index >= 15 is 0 Å². The zero-order chi connectivity index (χ0) is 13.7. The lowest BCUT2D eigenvalue weighted by atomic mass is 10.1. The molecule has 0 aliphatic rings. The number of anilines is 2. The average molecular weight is 257 g/mol. The Morgan fingerprint density at radius 3 is 2.89 bits per heavy atom. The molecule has 0 radical (unpaired) electrons. The van der Waals surface area contributed by atoms with Gasteiger partial charge in [0.25, 0.3) is 5.91 Å². The monoisotopic (exact) mass is 257 g/mol. The van der Waals surface area contributed by atoms with Crippen molar-refractivity contribution in [3.63, 3.8) is 0 Å². The van der Waals surface area contributed by atoms with Crippen molar-refractivity contribution >= 4 is 17.3 Å². The second-order valence-electron chi connectivity index (χ2n) is 3.94. The maximum atomic E-state index is 11.7. The molecular formula is C13H15N5O. The standard InChI is InChI=1S/C13H15N5O/c1-15-13(19)11-3-2-9(14)6-12(11)17-7-10-4-5-16-8-18-10/h2-6,8,17H,7,14H2,1H3,(H,15,19). The van der Waals surface area contributed by atoms with Gasteiger partial charge in [0.1, 0.15) is 6.33 Å². The van der Waals surface area contributed by atoms with Crippen LogP contribution >= 0.6 is 0 Å². The van der Waals surface area contributed by atoms with E-state index in [1.807, 2.05) is 0 Å². The fourth-order valence-electron chi connectivity index (χ4n) is 1.65. The van der Waals surface area contributed by atoms with Crippen LogP contribution in [-0.2, 0) is 6.54 Å². The van der Waals surface area contributed by atoms with Crippen LogP contribution in [0.15, 0.2) is 36.8 Å². The van der Waals surface area contributed by atoms with Gasteiger partial charge < -0.3 is 16.4 Å². The molecule has 1 aromatic carbocycles. The summed E-state index contributed by atoms with van der Waals surface area (Å²) in [4.78, 5) is 19.7. The zero-order valence-electron chi connectivity index (χ0n) is 10.6. The van der Waals surface area contributed by atoms with Crippen LogP contribution in [0.1, 0.15) is 16.1 Å². The SMILES string of the molecule is CNC(=O)c1ccc(N)cc1NCc1ccncn1. The van der Waals surface area contributed by atoms with Crippen molar-refractivity contribution in [3.8, 4) is 0 Å². The lowest BCUT2D eigenvalue weighted by Gasteiger charge is -2.11. The molecule has 1 amide bonds. The fourth-order valence-corrected chi connectivity index (χ4v) is 1.65. The number of amides is 1. The van der Waals surface area contributed by atoms with Crippen molar-refractivity contribution < 1.29 is 4.79 Å². The summed E-state index contributed by atoms with van der Waals surface area (Å²) in [5.41, 5.74) is 8.40. The van der Waals surface area contributed by atoms with Crippen LogP contribution < -0.4 is 16.4 Å². The molecule has 0 spiro atoms. The van der Waals surface area contributed by atoms with Gasteiger partial charge in [0.2, 0.25) is 0 Å². The second-order valence-corrected chi connectivity index (χ2v) is 3.94. The third-order valence-corrected chi connectivity index (χ3v) is 2.62. The highest BCUT2D eigenvalue weighted by molar-refractivity contribution is 6.00. The molecule has 2 aromatic rings. The highest BCUT2D eigenvalue weighted by atomic mass is 16.1. The smallest absolute Gasteiger partial charge is 0.253 e. The Bertz CT molecular complexity index is 571. The molecular weight excluding hydrogens is 242 g/mol. The molecule has 0 saturated heterocycles. The maximum Gasteiger partial charge on any atom is 0.253 e. The van der Waals surface area contributed by atoms with E-state index in [4.69, 9.17) is 5.73 Å². The fraction of sp³-hybridized carbons (Fsp3) is 0.154. The number of aromatic nitrogens is 2. The lowest BCUT2D eigenvalue weighted by molar-refractivity contribution is 0.0964. The number of benzene rings is 1. The summed E-state index contributed by atoms with van der Waals surface area (Å²) in [6.45, 7) is 0.496. The molecule has 19 heavy (non-hydrogen) atoms. The molecule has 0 unspecified atom stereocenters. The van der Waals surface area contributed by atoms with Gasteiger partial charge in [0.05, 0.1) is 17.8 Å². The van der Waals surface area contributed by atoms with Crippen LogP contribution in [0.4, 0.5) is 11.4 Å². The number of nitrogen functional groups attached to an aromatic ring is 1. The van der Waals surface area contributed by atoms with Gasteiger partial charge in [-0.1, -0.05) is 0 Å². The van der Waals surface area contributed by atoms with E-state index in [1.54, 1.807) is 37.5 Å². The highest BCUT2D eigenvalue weighted by Crippen LogP contribution is 2.19. The van der Waals surface area contributed by atoms with Crippen LogP contribution in [0.25, 0.3) is 0 Å². The predicted octanol–water partition coefficient (Wildman–Crippen LogP) is 1.03. The number of nitrogens with two attached hydrogens (primary N) is 1. The molecule has 0 aliphatic carbocycles. The van der Waals surface area contributed by atoms with Gasteiger partial charge in [0.15, 0.2) is 0 Å². The first-order valence-corrected chi connectivity index (χ1v) is 5.81. The molecule has 0 bridgehead atoms. The first kappa shape index (κ1) is 12.8. The van der Waals surface area contributed by atoms with Gasteiger partial charge >= 0.3 is 0 Å². The minimum atomic E-state index is -0.162. The molecule has 6 nitrogen and oxygen atoms in total. The molecule has 4 N–H and O–H groups in total. The van der Waals surface area contributed by atoms with Crippen molar-refractivity contribution in [1.29, 1.82) is 0 Å². The normalized spacial score (nSPS) is 9.95. The molecule has 6 heteroatoms. The zero-order valence-corrected chi connectivity index (χ0v) is 10.6.